The SMILES string of the molecule is CCc1c(COCc2ccccc2)nc2c(C#N)c[nH]n2c1=O. The van der Waals surface area contributed by atoms with Crippen LogP contribution in [0.5, 0.6) is 0 Å². The van der Waals surface area contributed by atoms with Crippen LogP contribution in [0.3, 0.4) is 0 Å². The van der Waals surface area contributed by atoms with Crippen LogP contribution in [0, 0.1) is 11.3 Å². The second kappa shape index (κ2) is 6.46. The van der Waals surface area contributed by atoms with Gasteiger partial charge < -0.3 is 4.74 Å². The predicted molar refractivity (Wildman–Crippen MR) is 84.8 cm³/mol. The van der Waals surface area contributed by atoms with Crippen LogP contribution in [-0.2, 0) is 24.4 Å². The van der Waals surface area contributed by atoms with E-state index >= 15 is 0 Å². The summed E-state index contributed by atoms with van der Waals surface area (Å²) in [5, 5.41) is 11.9. The lowest BCUT2D eigenvalue weighted by Gasteiger charge is -2.08. The number of rotatable bonds is 5. The van der Waals surface area contributed by atoms with Crippen LogP contribution in [0.1, 0.15) is 29.3 Å². The number of ether oxygens (including phenoxy) is 1. The van der Waals surface area contributed by atoms with Crippen LogP contribution in [0.2, 0.25) is 0 Å². The number of nitrogens with zero attached hydrogens (tertiary/aromatic N) is 3. The minimum Gasteiger partial charge on any atom is -0.370 e. The summed E-state index contributed by atoms with van der Waals surface area (Å²) in [6, 6.07) is 11.8. The molecule has 0 saturated carbocycles. The Morgan fingerprint density at radius 1 is 1.30 bits per heavy atom. The van der Waals surface area contributed by atoms with Gasteiger partial charge in [-0.15, -0.1) is 0 Å². The second-order valence-corrected chi connectivity index (χ2v) is 5.13. The van der Waals surface area contributed by atoms with Crippen molar-refractivity contribution in [3.63, 3.8) is 0 Å². The maximum absolute atomic E-state index is 12.5. The molecule has 0 aliphatic rings. The third-order valence-corrected chi connectivity index (χ3v) is 3.67. The molecule has 6 heteroatoms. The van der Waals surface area contributed by atoms with E-state index in [9.17, 15) is 4.79 Å². The van der Waals surface area contributed by atoms with E-state index in [1.165, 1.54) is 10.7 Å². The number of hydrogen-bond acceptors (Lipinski definition) is 4. The fraction of sp³-hybridized carbons (Fsp3) is 0.235. The third kappa shape index (κ3) is 2.87. The molecule has 0 fully saturated rings. The van der Waals surface area contributed by atoms with Gasteiger partial charge in [0.15, 0.2) is 5.65 Å². The Morgan fingerprint density at radius 2 is 2.09 bits per heavy atom. The highest BCUT2D eigenvalue weighted by Gasteiger charge is 2.15. The molecule has 0 radical (unpaired) electrons. The average Bonchev–Trinajstić information content (AvgIpc) is 2.99. The zero-order chi connectivity index (χ0) is 16.2. The summed E-state index contributed by atoms with van der Waals surface area (Å²) in [6.45, 7) is 2.59. The first-order valence-corrected chi connectivity index (χ1v) is 7.38. The highest BCUT2D eigenvalue weighted by Crippen LogP contribution is 2.11. The van der Waals surface area contributed by atoms with E-state index in [1.807, 2.05) is 43.3 Å². The highest BCUT2D eigenvalue weighted by atomic mass is 16.5. The summed E-state index contributed by atoms with van der Waals surface area (Å²) in [5.41, 5.74) is 2.74. The van der Waals surface area contributed by atoms with Crippen LogP contribution in [-0.4, -0.2) is 14.6 Å². The summed E-state index contributed by atoms with van der Waals surface area (Å²) >= 11 is 0. The van der Waals surface area contributed by atoms with Crippen molar-refractivity contribution in [2.24, 2.45) is 0 Å². The molecular formula is C17H16N4O2. The zero-order valence-corrected chi connectivity index (χ0v) is 12.7. The Kier molecular flexibility index (Phi) is 4.22. The highest BCUT2D eigenvalue weighted by molar-refractivity contribution is 5.54. The van der Waals surface area contributed by atoms with Crippen molar-refractivity contribution in [2.75, 3.05) is 0 Å². The minimum absolute atomic E-state index is 0.183. The maximum Gasteiger partial charge on any atom is 0.276 e. The van der Waals surface area contributed by atoms with E-state index in [-0.39, 0.29) is 12.2 Å². The van der Waals surface area contributed by atoms with Crippen LogP contribution in [0.4, 0.5) is 0 Å². The molecule has 0 amide bonds. The van der Waals surface area contributed by atoms with Gasteiger partial charge in [0.2, 0.25) is 0 Å². The van der Waals surface area contributed by atoms with E-state index in [0.717, 1.165) is 5.56 Å². The monoisotopic (exact) mass is 308 g/mol. The summed E-state index contributed by atoms with van der Waals surface area (Å²) in [5.74, 6) is 0. The van der Waals surface area contributed by atoms with Gasteiger partial charge in [0.05, 0.1) is 18.9 Å². The third-order valence-electron chi connectivity index (χ3n) is 3.67. The number of nitriles is 1. The topological polar surface area (TPSA) is 83.2 Å². The second-order valence-electron chi connectivity index (χ2n) is 5.13. The number of aromatic amines is 1. The van der Waals surface area contributed by atoms with Gasteiger partial charge in [0.1, 0.15) is 11.6 Å². The number of benzene rings is 1. The van der Waals surface area contributed by atoms with E-state index < -0.39 is 0 Å². The number of hydrogen-bond donors (Lipinski definition) is 1. The molecule has 1 aromatic carbocycles. The molecule has 2 aromatic heterocycles. The fourth-order valence-electron chi connectivity index (χ4n) is 2.49. The smallest absolute Gasteiger partial charge is 0.276 e. The molecule has 0 bridgehead atoms. The number of aromatic nitrogens is 3. The van der Waals surface area contributed by atoms with E-state index in [0.29, 0.717) is 35.5 Å². The van der Waals surface area contributed by atoms with E-state index in [2.05, 4.69) is 10.1 Å². The fourth-order valence-corrected chi connectivity index (χ4v) is 2.49. The molecule has 3 rings (SSSR count). The molecule has 0 aliphatic heterocycles. The Balaban J connectivity index is 1.90. The first-order chi connectivity index (χ1) is 11.2. The van der Waals surface area contributed by atoms with Crippen LogP contribution in [0.25, 0.3) is 5.65 Å². The lowest BCUT2D eigenvalue weighted by molar-refractivity contribution is 0.104. The van der Waals surface area contributed by atoms with Gasteiger partial charge in [-0.2, -0.15) is 5.26 Å². The Hall–Kier alpha value is -2.91. The first kappa shape index (κ1) is 15.0. The molecule has 2 heterocycles. The Bertz CT molecular complexity index is 919. The number of nitrogens with one attached hydrogen (secondary N) is 1. The van der Waals surface area contributed by atoms with Gasteiger partial charge in [-0.05, 0) is 12.0 Å². The van der Waals surface area contributed by atoms with Gasteiger partial charge in [0, 0.05) is 11.8 Å². The summed E-state index contributed by atoms with van der Waals surface area (Å²) in [4.78, 5) is 16.9. The van der Waals surface area contributed by atoms with Crippen LogP contribution >= 0.6 is 0 Å². The molecule has 23 heavy (non-hydrogen) atoms. The number of H-pyrrole nitrogens is 1. The average molecular weight is 308 g/mol. The van der Waals surface area contributed by atoms with Crippen LogP contribution in [0.15, 0.2) is 41.3 Å². The van der Waals surface area contributed by atoms with Crippen molar-refractivity contribution >= 4 is 5.65 Å². The summed E-state index contributed by atoms with van der Waals surface area (Å²) < 4.78 is 7.00. The normalized spacial score (nSPS) is 10.8. The number of fused-ring (bicyclic) bond motifs is 1. The van der Waals surface area contributed by atoms with Gasteiger partial charge in [-0.3, -0.25) is 9.89 Å². The largest absolute Gasteiger partial charge is 0.370 e. The van der Waals surface area contributed by atoms with Gasteiger partial charge in [0.25, 0.3) is 5.56 Å². The maximum atomic E-state index is 12.5. The quantitative estimate of drug-likeness (QED) is 0.783. The van der Waals surface area contributed by atoms with Crippen molar-refractivity contribution in [2.45, 2.75) is 26.6 Å². The molecule has 0 spiro atoms. The van der Waals surface area contributed by atoms with Gasteiger partial charge >= 0.3 is 0 Å². The van der Waals surface area contributed by atoms with E-state index in [4.69, 9.17) is 10.00 Å². The minimum atomic E-state index is -0.183. The first-order valence-electron chi connectivity index (χ1n) is 7.38. The molecule has 116 valence electrons. The molecule has 0 atom stereocenters. The molecule has 1 N–H and O–H groups in total. The summed E-state index contributed by atoms with van der Waals surface area (Å²) in [7, 11) is 0. The lowest BCUT2D eigenvalue weighted by atomic mass is 10.2. The molecule has 3 aromatic rings. The van der Waals surface area contributed by atoms with E-state index in [1.54, 1.807) is 0 Å². The molecule has 6 nitrogen and oxygen atoms in total. The zero-order valence-electron chi connectivity index (χ0n) is 12.7. The van der Waals surface area contributed by atoms with Crippen molar-refractivity contribution in [1.29, 1.82) is 5.26 Å². The predicted octanol–water partition coefficient (Wildman–Crippen LogP) is 2.17. The van der Waals surface area contributed by atoms with Crippen molar-refractivity contribution in [1.82, 2.24) is 14.6 Å². The molecular weight excluding hydrogens is 292 g/mol. The Morgan fingerprint density at radius 3 is 2.78 bits per heavy atom. The van der Waals surface area contributed by atoms with Crippen molar-refractivity contribution in [3.05, 3.63) is 69.3 Å². The standard InChI is InChI=1S/C17H16N4O2/c1-2-14-15(11-23-10-12-6-4-3-5-7-12)20-16-13(8-18)9-19-21(16)17(14)22/h3-7,9,19H,2,10-11H2,1H3. The van der Waals surface area contributed by atoms with Crippen molar-refractivity contribution < 1.29 is 4.74 Å². The molecule has 0 saturated heterocycles. The van der Waals surface area contributed by atoms with Gasteiger partial charge in [-0.1, -0.05) is 37.3 Å². The Labute approximate surface area is 133 Å². The molecule has 0 aliphatic carbocycles. The van der Waals surface area contributed by atoms with Crippen LogP contribution < -0.4 is 5.56 Å². The summed E-state index contributed by atoms with van der Waals surface area (Å²) in [6.07, 6.45) is 2.04. The van der Waals surface area contributed by atoms with Crippen molar-refractivity contribution in [3.8, 4) is 6.07 Å². The van der Waals surface area contributed by atoms with Gasteiger partial charge in [-0.25, -0.2) is 9.50 Å². The molecule has 0 unspecified atom stereocenters. The lowest BCUT2D eigenvalue weighted by Crippen LogP contribution is -2.23.